The highest BCUT2D eigenvalue weighted by atomic mass is 19.4. The topological polar surface area (TPSA) is 18.5 Å². The highest BCUT2D eigenvalue weighted by molar-refractivity contribution is 4.95. The van der Waals surface area contributed by atoms with Crippen molar-refractivity contribution in [2.24, 2.45) is 34.5 Å². The molecule has 0 aromatic rings. The van der Waals surface area contributed by atoms with Gasteiger partial charge >= 0.3 is 12.4 Å². The first-order chi connectivity index (χ1) is 19.9. The van der Waals surface area contributed by atoms with E-state index >= 15 is 0 Å². The first kappa shape index (κ1) is 44.4. The highest BCUT2D eigenvalue weighted by Gasteiger charge is 2.45. The average molecular weight is 633 g/mol. The number of halogens is 6. The van der Waals surface area contributed by atoms with Gasteiger partial charge in [-0.1, -0.05) is 100 Å². The first-order valence-corrected chi connectivity index (χ1v) is 16.8. The maximum atomic E-state index is 12.5. The summed E-state index contributed by atoms with van der Waals surface area (Å²) in [6.07, 6.45) is 10.1. The summed E-state index contributed by atoms with van der Waals surface area (Å²) >= 11 is 0. The van der Waals surface area contributed by atoms with Gasteiger partial charge in [-0.25, -0.2) is 0 Å². The zero-order valence-corrected chi connectivity index (χ0v) is 29.2. The molecule has 0 aliphatic heterocycles. The Hall–Kier alpha value is -0.760. The minimum atomic E-state index is -4.14. The van der Waals surface area contributed by atoms with E-state index in [-0.39, 0.29) is 19.6 Å². The van der Waals surface area contributed by atoms with Crippen LogP contribution in [0.25, 0.3) is 0 Å². The molecule has 43 heavy (non-hydrogen) atoms. The Kier molecular flexibility index (Phi) is 23.4. The fourth-order valence-corrected chi connectivity index (χ4v) is 4.91. The monoisotopic (exact) mass is 632 g/mol. The molecule has 0 amide bonds. The van der Waals surface area contributed by atoms with E-state index in [4.69, 9.17) is 4.74 Å². The Morgan fingerprint density at radius 1 is 0.907 bits per heavy atom. The molecule has 2 aliphatic carbocycles. The maximum Gasteiger partial charge on any atom is 0.394 e. The van der Waals surface area contributed by atoms with Crippen molar-refractivity contribution in [2.45, 2.75) is 152 Å². The van der Waals surface area contributed by atoms with Crippen LogP contribution in [0.2, 0.25) is 0 Å². The van der Waals surface area contributed by atoms with Crippen molar-refractivity contribution in [1.29, 1.82) is 0 Å². The van der Waals surface area contributed by atoms with Crippen LogP contribution in [0.3, 0.4) is 0 Å². The van der Waals surface area contributed by atoms with Crippen LogP contribution in [0.5, 0.6) is 0 Å². The Morgan fingerprint density at radius 3 is 1.79 bits per heavy atom. The molecule has 0 spiro atoms. The number of allylic oxidation sites excluding steroid dienone is 1. The van der Waals surface area contributed by atoms with Gasteiger partial charge in [-0.15, -0.1) is 0 Å². The summed E-state index contributed by atoms with van der Waals surface area (Å²) in [6.45, 7) is 18.5. The van der Waals surface area contributed by atoms with E-state index in [0.29, 0.717) is 24.4 Å². The van der Waals surface area contributed by atoms with Crippen molar-refractivity contribution >= 4 is 0 Å². The fourth-order valence-electron chi connectivity index (χ4n) is 4.91. The Morgan fingerprint density at radius 2 is 1.44 bits per heavy atom. The molecule has 0 N–H and O–H groups in total. The van der Waals surface area contributed by atoms with Gasteiger partial charge in [0.15, 0.2) is 0 Å². The molecule has 0 aromatic carbocycles. The second-order valence-electron chi connectivity index (χ2n) is 13.4. The Labute approximate surface area is 261 Å². The van der Waals surface area contributed by atoms with Crippen LogP contribution in [0.1, 0.15) is 139 Å². The van der Waals surface area contributed by atoms with E-state index in [1.54, 1.807) is 6.92 Å². The molecule has 1 unspecified atom stereocenters. The van der Waals surface area contributed by atoms with Crippen LogP contribution < -0.4 is 0 Å². The van der Waals surface area contributed by atoms with Crippen LogP contribution in [0.15, 0.2) is 12.2 Å². The van der Waals surface area contributed by atoms with Crippen molar-refractivity contribution in [3.05, 3.63) is 12.2 Å². The standard InChI is InChI=1S/C18H31F3O.C9H18.C5H9F3O.C3H8/c1-4-16(18(19,20)21)14-22-13-7-6-8-15-9-11-17(3,5-2)12-10-15;1-4-5-6-9(3)7-8(9)2;1-4(3-9-2)5(6,7)8;1-3-2/h6,8,15-16H,4-5,7,9-14H2,1-3H3;8H,4-7H2,1-3H3;4H,3H2,1-2H3;3H2,1-2H3/t15?,16-,17?;8?,9-;4-;/m101./s1. The fraction of sp³-hybridized carbons (Fsp3) is 0.943. The van der Waals surface area contributed by atoms with Crippen LogP contribution >= 0.6 is 0 Å². The van der Waals surface area contributed by atoms with Crippen molar-refractivity contribution < 1.29 is 35.8 Å². The van der Waals surface area contributed by atoms with Crippen molar-refractivity contribution in [1.82, 2.24) is 0 Å². The SMILES string of the molecule is CCC.CCCC[C@@]1(C)CC1C.CC[C@H](COCCC=CC1CCC(C)(CC)CC1)C(F)(F)F.COC[C@@H](C)C(F)(F)F. The number of hydrogen-bond acceptors (Lipinski definition) is 2. The summed E-state index contributed by atoms with van der Waals surface area (Å²) in [5.41, 5.74) is 1.27. The third-order valence-corrected chi connectivity index (χ3v) is 9.08. The molecule has 4 atom stereocenters. The second-order valence-corrected chi connectivity index (χ2v) is 13.4. The minimum absolute atomic E-state index is 0.0810. The van der Waals surface area contributed by atoms with Crippen LogP contribution in [-0.4, -0.2) is 39.3 Å². The summed E-state index contributed by atoms with van der Waals surface area (Å²) in [5, 5.41) is 0. The first-order valence-electron chi connectivity index (χ1n) is 16.8. The third-order valence-electron chi connectivity index (χ3n) is 9.08. The lowest BCUT2D eigenvalue weighted by atomic mass is 9.70. The molecule has 260 valence electrons. The van der Waals surface area contributed by atoms with Gasteiger partial charge in [0, 0.05) is 7.11 Å². The Balaban J connectivity index is 0. The van der Waals surface area contributed by atoms with Crippen molar-refractivity contribution in [3.8, 4) is 0 Å². The number of methoxy groups -OCH3 is 1. The van der Waals surface area contributed by atoms with Gasteiger partial charge in [0.1, 0.15) is 0 Å². The largest absolute Gasteiger partial charge is 0.394 e. The number of unbranched alkanes of at least 4 members (excludes halogenated alkanes) is 1. The highest BCUT2D eigenvalue weighted by Crippen LogP contribution is 2.55. The number of alkyl halides is 6. The normalized spacial score (nSPS) is 26.7. The summed E-state index contributed by atoms with van der Waals surface area (Å²) in [5.74, 6) is -1.04. The quantitative estimate of drug-likeness (QED) is 0.114. The van der Waals surface area contributed by atoms with E-state index in [1.165, 1.54) is 71.3 Å². The molecule has 0 heterocycles. The van der Waals surface area contributed by atoms with Crippen LogP contribution in [-0.2, 0) is 9.47 Å². The predicted molar refractivity (Wildman–Crippen MR) is 169 cm³/mol. The summed E-state index contributed by atoms with van der Waals surface area (Å²) in [6, 6.07) is 0. The van der Waals surface area contributed by atoms with E-state index in [9.17, 15) is 26.3 Å². The smallest absolute Gasteiger partial charge is 0.384 e. The molecule has 2 rings (SSSR count). The Bertz CT molecular complexity index is 683. The average Bonchev–Trinajstić information content (AvgIpc) is 3.53. The minimum Gasteiger partial charge on any atom is -0.384 e. The van der Waals surface area contributed by atoms with Gasteiger partial charge < -0.3 is 9.47 Å². The number of rotatable bonds is 13. The molecule has 2 saturated carbocycles. The van der Waals surface area contributed by atoms with E-state index in [1.807, 2.05) is 0 Å². The molecule has 0 radical (unpaired) electrons. The summed E-state index contributed by atoms with van der Waals surface area (Å²) in [4.78, 5) is 0. The lowest BCUT2D eigenvalue weighted by molar-refractivity contribution is -0.188. The lowest BCUT2D eigenvalue weighted by Gasteiger charge is -2.35. The van der Waals surface area contributed by atoms with Gasteiger partial charge in [-0.2, -0.15) is 26.3 Å². The third kappa shape index (κ3) is 21.6. The van der Waals surface area contributed by atoms with E-state index in [0.717, 1.165) is 18.3 Å². The molecule has 2 fully saturated rings. The number of hydrogen-bond donors (Lipinski definition) is 0. The predicted octanol–water partition coefficient (Wildman–Crippen LogP) is 12.6. The van der Waals surface area contributed by atoms with Gasteiger partial charge in [-0.05, 0) is 74.0 Å². The maximum absolute atomic E-state index is 12.5. The van der Waals surface area contributed by atoms with Gasteiger partial charge in [0.05, 0.1) is 31.7 Å². The second kappa shape index (κ2) is 22.7. The molecular formula is C35H66F6O2. The van der Waals surface area contributed by atoms with Gasteiger partial charge in [0.25, 0.3) is 0 Å². The van der Waals surface area contributed by atoms with Gasteiger partial charge in [0.2, 0.25) is 0 Å². The molecule has 0 saturated heterocycles. The van der Waals surface area contributed by atoms with Crippen molar-refractivity contribution in [3.63, 3.8) is 0 Å². The molecule has 0 bridgehead atoms. The van der Waals surface area contributed by atoms with Gasteiger partial charge in [-0.3, -0.25) is 0 Å². The molecule has 2 aliphatic rings. The van der Waals surface area contributed by atoms with Crippen LogP contribution in [0, 0.1) is 34.5 Å². The lowest BCUT2D eigenvalue weighted by Crippen LogP contribution is -2.26. The van der Waals surface area contributed by atoms with E-state index in [2.05, 4.69) is 65.4 Å². The zero-order chi connectivity index (χ0) is 33.7. The number of ether oxygens (including phenoxy) is 2. The van der Waals surface area contributed by atoms with Crippen molar-refractivity contribution in [2.75, 3.05) is 26.9 Å². The zero-order valence-electron chi connectivity index (χ0n) is 29.2. The summed E-state index contributed by atoms with van der Waals surface area (Å²) < 4.78 is 81.8. The molecular weight excluding hydrogens is 566 g/mol. The van der Waals surface area contributed by atoms with Crippen LogP contribution in [0.4, 0.5) is 26.3 Å². The molecule has 8 heteroatoms. The summed E-state index contributed by atoms with van der Waals surface area (Å²) in [7, 11) is 1.25. The molecule has 0 aromatic heterocycles. The van der Waals surface area contributed by atoms with E-state index < -0.39 is 24.2 Å². The molecule has 2 nitrogen and oxygen atoms in total.